The number of halogens is 6. The molecule has 29 heavy (non-hydrogen) atoms. The van der Waals surface area contributed by atoms with E-state index in [1.165, 1.54) is 0 Å². The molecule has 0 unspecified atom stereocenters. The Balaban J connectivity index is 2.43. The standard InChI is InChI=1S/C16H17F6NO6/c1-6(25)23-11-13(27)12(26)10(5-24)29-14(11)28-9-3-7(15(17,18)19)2-8(4-9)16(20,21)22/h2-4,10-14,24,26-27H,5H2,1H3,(H,23,25)/t10-,11-,12+,13+,14-/m0/s1. The van der Waals surface area contributed by atoms with Crippen molar-refractivity contribution in [3.05, 3.63) is 29.3 Å². The van der Waals surface area contributed by atoms with Crippen molar-refractivity contribution in [3.63, 3.8) is 0 Å². The fraction of sp³-hybridized carbons (Fsp3) is 0.562. The second-order valence-electron chi connectivity index (χ2n) is 6.29. The number of benzene rings is 1. The van der Waals surface area contributed by atoms with Gasteiger partial charge in [0.2, 0.25) is 12.2 Å². The number of aliphatic hydroxyl groups is 3. The molecule has 164 valence electrons. The Morgan fingerprint density at radius 3 is 2.00 bits per heavy atom. The van der Waals surface area contributed by atoms with Crippen LogP contribution in [0.3, 0.4) is 0 Å². The first-order valence-electron chi connectivity index (χ1n) is 8.09. The van der Waals surface area contributed by atoms with Gasteiger partial charge >= 0.3 is 12.4 Å². The molecule has 1 fully saturated rings. The van der Waals surface area contributed by atoms with Gasteiger partial charge in [0, 0.05) is 6.92 Å². The highest BCUT2D eigenvalue weighted by molar-refractivity contribution is 5.73. The van der Waals surface area contributed by atoms with Crippen LogP contribution in [0.25, 0.3) is 0 Å². The van der Waals surface area contributed by atoms with E-state index in [1.807, 2.05) is 0 Å². The number of aliphatic hydroxyl groups excluding tert-OH is 3. The maximum atomic E-state index is 13.0. The van der Waals surface area contributed by atoms with Crippen LogP contribution in [0.2, 0.25) is 0 Å². The first-order valence-corrected chi connectivity index (χ1v) is 8.09. The monoisotopic (exact) mass is 433 g/mol. The van der Waals surface area contributed by atoms with E-state index in [0.29, 0.717) is 0 Å². The number of nitrogens with one attached hydrogen (secondary N) is 1. The molecule has 7 nitrogen and oxygen atoms in total. The fourth-order valence-electron chi connectivity index (χ4n) is 2.70. The van der Waals surface area contributed by atoms with E-state index in [-0.39, 0.29) is 18.2 Å². The zero-order valence-corrected chi connectivity index (χ0v) is 14.7. The number of hydrogen-bond acceptors (Lipinski definition) is 6. The molecular weight excluding hydrogens is 416 g/mol. The van der Waals surface area contributed by atoms with Gasteiger partial charge in [0.05, 0.1) is 17.7 Å². The lowest BCUT2D eigenvalue weighted by molar-refractivity contribution is -0.244. The molecule has 0 radical (unpaired) electrons. The van der Waals surface area contributed by atoms with Gasteiger partial charge in [-0.1, -0.05) is 0 Å². The molecule has 1 aliphatic rings. The van der Waals surface area contributed by atoms with E-state index in [1.54, 1.807) is 0 Å². The summed E-state index contributed by atoms with van der Waals surface area (Å²) in [7, 11) is 0. The summed E-state index contributed by atoms with van der Waals surface area (Å²) in [5, 5.41) is 31.3. The summed E-state index contributed by atoms with van der Waals surface area (Å²) in [6, 6.07) is -1.08. The molecule has 1 saturated heterocycles. The lowest BCUT2D eigenvalue weighted by atomic mass is 9.97. The average molecular weight is 433 g/mol. The second-order valence-corrected chi connectivity index (χ2v) is 6.29. The Morgan fingerprint density at radius 2 is 1.59 bits per heavy atom. The van der Waals surface area contributed by atoms with Gasteiger partial charge in [0.25, 0.3) is 0 Å². The number of amides is 1. The maximum absolute atomic E-state index is 13.0. The van der Waals surface area contributed by atoms with Gasteiger partial charge in [-0.3, -0.25) is 4.79 Å². The third kappa shape index (κ3) is 5.50. The van der Waals surface area contributed by atoms with Crippen molar-refractivity contribution >= 4 is 5.91 Å². The molecule has 0 spiro atoms. The molecule has 4 N–H and O–H groups in total. The third-order valence-electron chi connectivity index (χ3n) is 4.06. The summed E-state index contributed by atoms with van der Waals surface area (Å²) in [4.78, 5) is 11.3. The fourth-order valence-corrected chi connectivity index (χ4v) is 2.70. The van der Waals surface area contributed by atoms with Crippen LogP contribution in [0.1, 0.15) is 18.1 Å². The van der Waals surface area contributed by atoms with Gasteiger partial charge in [0.1, 0.15) is 30.1 Å². The highest BCUT2D eigenvalue weighted by atomic mass is 19.4. The van der Waals surface area contributed by atoms with Gasteiger partial charge in [-0.15, -0.1) is 0 Å². The van der Waals surface area contributed by atoms with Crippen molar-refractivity contribution in [3.8, 4) is 5.75 Å². The van der Waals surface area contributed by atoms with Crippen LogP contribution in [-0.4, -0.2) is 58.5 Å². The zero-order chi connectivity index (χ0) is 22.1. The first-order chi connectivity index (χ1) is 13.2. The molecule has 2 rings (SSSR count). The van der Waals surface area contributed by atoms with Crippen molar-refractivity contribution in [2.45, 2.75) is 49.9 Å². The Kier molecular flexibility index (Phi) is 6.67. The molecule has 0 aliphatic carbocycles. The SMILES string of the molecule is CC(=O)N[C@@H]1[C@@H](Oc2cc(C(F)(F)F)cc(C(F)(F)F)c2)O[C@@H](CO)[C@@H](O)[C@@H]1O. The maximum Gasteiger partial charge on any atom is 0.416 e. The lowest BCUT2D eigenvalue weighted by Gasteiger charge is -2.42. The minimum Gasteiger partial charge on any atom is -0.463 e. The Bertz CT molecular complexity index is 707. The van der Waals surface area contributed by atoms with Crippen molar-refractivity contribution in [2.24, 2.45) is 0 Å². The summed E-state index contributed by atoms with van der Waals surface area (Å²) in [5.74, 6) is -1.66. The predicted octanol–water partition coefficient (Wildman–Crippen LogP) is 1.05. The van der Waals surface area contributed by atoms with Crippen LogP contribution in [0.4, 0.5) is 26.3 Å². The number of carbonyl (C=O) groups is 1. The first kappa shape index (κ1) is 23.2. The van der Waals surface area contributed by atoms with E-state index < -0.39 is 72.4 Å². The molecule has 1 aromatic rings. The lowest BCUT2D eigenvalue weighted by Crippen LogP contribution is -2.65. The molecular formula is C16H17F6NO6. The summed E-state index contributed by atoms with van der Waals surface area (Å²) in [6.07, 6.45) is -17.0. The zero-order valence-electron chi connectivity index (χ0n) is 14.7. The third-order valence-corrected chi connectivity index (χ3v) is 4.06. The number of rotatable bonds is 4. The van der Waals surface area contributed by atoms with Crippen LogP contribution >= 0.6 is 0 Å². The second kappa shape index (κ2) is 8.34. The summed E-state index contributed by atoms with van der Waals surface area (Å²) < 4.78 is 88.1. The van der Waals surface area contributed by atoms with Crippen molar-refractivity contribution in [1.82, 2.24) is 5.32 Å². The normalized spacial score (nSPS) is 28.1. The van der Waals surface area contributed by atoms with Crippen molar-refractivity contribution in [2.75, 3.05) is 6.61 Å². The van der Waals surface area contributed by atoms with Crippen molar-refractivity contribution in [1.29, 1.82) is 0 Å². The topological polar surface area (TPSA) is 108 Å². The summed E-state index contributed by atoms with van der Waals surface area (Å²) in [6.45, 7) is 0.168. The molecule has 1 heterocycles. The quantitative estimate of drug-likeness (QED) is 0.529. The minimum absolute atomic E-state index is 0.102. The molecule has 13 heteroatoms. The molecule has 0 aromatic heterocycles. The van der Waals surface area contributed by atoms with E-state index in [0.717, 1.165) is 6.92 Å². The number of carbonyl (C=O) groups excluding carboxylic acids is 1. The van der Waals surface area contributed by atoms with E-state index in [2.05, 4.69) is 5.32 Å². The highest BCUT2D eigenvalue weighted by Crippen LogP contribution is 2.39. The van der Waals surface area contributed by atoms with Gasteiger partial charge < -0.3 is 30.1 Å². The van der Waals surface area contributed by atoms with Crippen LogP contribution in [0.5, 0.6) is 5.75 Å². The molecule has 1 aliphatic heterocycles. The Morgan fingerprint density at radius 1 is 1.07 bits per heavy atom. The Hall–Kier alpha value is -2.09. The smallest absolute Gasteiger partial charge is 0.416 e. The molecule has 1 aromatic carbocycles. The van der Waals surface area contributed by atoms with E-state index in [9.17, 15) is 46.5 Å². The van der Waals surface area contributed by atoms with E-state index >= 15 is 0 Å². The van der Waals surface area contributed by atoms with Crippen molar-refractivity contribution < 1.29 is 55.9 Å². The van der Waals surface area contributed by atoms with Gasteiger partial charge in [-0.2, -0.15) is 26.3 Å². The van der Waals surface area contributed by atoms with Crippen LogP contribution in [0.15, 0.2) is 18.2 Å². The van der Waals surface area contributed by atoms with Gasteiger partial charge in [0.15, 0.2) is 0 Å². The van der Waals surface area contributed by atoms with Gasteiger partial charge in [-0.25, -0.2) is 0 Å². The predicted molar refractivity (Wildman–Crippen MR) is 82.4 cm³/mol. The van der Waals surface area contributed by atoms with Gasteiger partial charge in [-0.05, 0) is 18.2 Å². The average Bonchev–Trinajstić information content (AvgIpc) is 2.59. The number of hydrogen-bond donors (Lipinski definition) is 4. The largest absolute Gasteiger partial charge is 0.463 e. The molecule has 1 amide bonds. The summed E-state index contributed by atoms with van der Waals surface area (Å²) >= 11 is 0. The molecule has 5 atom stereocenters. The van der Waals surface area contributed by atoms with Crippen LogP contribution in [0, 0.1) is 0 Å². The van der Waals surface area contributed by atoms with E-state index in [4.69, 9.17) is 9.47 Å². The molecule has 0 bridgehead atoms. The number of ether oxygens (including phenoxy) is 2. The Labute approximate surface area is 159 Å². The minimum atomic E-state index is -5.12. The molecule has 0 saturated carbocycles. The summed E-state index contributed by atoms with van der Waals surface area (Å²) in [5.41, 5.74) is -3.29. The number of alkyl halides is 6. The van der Waals surface area contributed by atoms with Crippen LogP contribution in [-0.2, 0) is 21.9 Å². The van der Waals surface area contributed by atoms with Crippen LogP contribution < -0.4 is 10.1 Å². The highest BCUT2D eigenvalue weighted by Gasteiger charge is 2.46.